The molecule has 0 aromatic carbocycles. The molecule has 0 atom stereocenters. The van der Waals surface area contributed by atoms with Crippen LogP contribution in [0.5, 0.6) is 0 Å². The molecule has 21 heavy (non-hydrogen) atoms. The maximum Gasteiger partial charge on any atom is 0.260 e. The summed E-state index contributed by atoms with van der Waals surface area (Å²) in [5.41, 5.74) is 5.11. The predicted octanol–water partition coefficient (Wildman–Crippen LogP) is 0.196. The zero-order chi connectivity index (χ0) is 15.6. The van der Waals surface area contributed by atoms with Crippen LogP contribution in [0.25, 0.3) is 0 Å². The molecule has 0 fully saturated rings. The molecule has 9 heteroatoms. The summed E-state index contributed by atoms with van der Waals surface area (Å²) in [7, 11) is -1.95. The van der Waals surface area contributed by atoms with E-state index >= 15 is 0 Å². The number of aromatic nitrogens is 3. The van der Waals surface area contributed by atoms with Crippen LogP contribution in [0.4, 0.5) is 5.69 Å². The Morgan fingerprint density at radius 1 is 1.38 bits per heavy atom. The minimum Gasteiger partial charge on any atom is -0.321 e. The van der Waals surface area contributed by atoms with Crippen molar-refractivity contribution in [2.75, 3.05) is 5.43 Å². The van der Waals surface area contributed by atoms with E-state index in [2.05, 4.69) is 20.2 Å². The third-order valence-electron chi connectivity index (χ3n) is 3.28. The van der Waals surface area contributed by atoms with Gasteiger partial charge in [-0.05, 0) is 26.0 Å². The van der Waals surface area contributed by atoms with Gasteiger partial charge in [0.15, 0.2) is 5.03 Å². The first-order chi connectivity index (χ1) is 9.86. The molecule has 0 amide bonds. The van der Waals surface area contributed by atoms with Gasteiger partial charge in [0.05, 0.1) is 11.4 Å². The van der Waals surface area contributed by atoms with Crippen LogP contribution >= 0.6 is 0 Å². The van der Waals surface area contributed by atoms with E-state index in [1.807, 2.05) is 20.9 Å². The lowest BCUT2D eigenvalue weighted by atomic mass is 10.2. The highest BCUT2D eigenvalue weighted by Gasteiger charge is 2.21. The van der Waals surface area contributed by atoms with Gasteiger partial charge < -0.3 is 5.43 Å². The number of nitrogen functional groups attached to an aromatic ring is 1. The van der Waals surface area contributed by atoms with Gasteiger partial charge in [0.1, 0.15) is 0 Å². The van der Waals surface area contributed by atoms with Gasteiger partial charge in [-0.1, -0.05) is 0 Å². The van der Waals surface area contributed by atoms with Crippen molar-refractivity contribution < 1.29 is 8.42 Å². The van der Waals surface area contributed by atoms with Crippen molar-refractivity contribution in [3.8, 4) is 0 Å². The summed E-state index contributed by atoms with van der Waals surface area (Å²) in [4.78, 5) is 3.87. The van der Waals surface area contributed by atoms with Crippen molar-refractivity contribution in [3.05, 3.63) is 35.3 Å². The highest BCUT2D eigenvalue weighted by molar-refractivity contribution is 7.89. The number of hydrazine groups is 1. The number of anilines is 1. The molecule has 2 rings (SSSR count). The lowest BCUT2D eigenvalue weighted by Gasteiger charge is -2.10. The van der Waals surface area contributed by atoms with E-state index in [9.17, 15) is 8.42 Å². The van der Waals surface area contributed by atoms with Crippen molar-refractivity contribution in [1.82, 2.24) is 19.5 Å². The van der Waals surface area contributed by atoms with E-state index in [-0.39, 0.29) is 17.3 Å². The molecule has 8 nitrogen and oxygen atoms in total. The molecule has 114 valence electrons. The zero-order valence-electron chi connectivity index (χ0n) is 12.1. The third-order valence-corrected chi connectivity index (χ3v) is 4.64. The molecule has 0 unspecified atom stereocenters. The van der Waals surface area contributed by atoms with Crippen LogP contribution in [-0.2, 0) is 23.6 Å². The summed E-state index contributed by atoms with van der Waals surface area (Å²) in [5.74, 6) is 5.31. The van der Waals surface area contributed by atoms with E-state index in [0.717, 1.165) is 17.0 Å². The van der Waals surface area contributed by atoms with Crippen molar-refractivity contribution in [2.24, 2.45) is 12.9 Å². The summed E-state index contributed by atoms with van der Waals surface area (Å²) in [6.45, 7) is 3.87. The quantitative estimate of drug-likeness (QED) is 0.536. The Morgan fingerprint density at radius 3 is 2.67 bits per heavy atom. The molecule has 0 radical (unpaired) electrons. The van der Waals surface area contributed by atoms with E-state index < -0.39 is 10.0 Å². The highest BCUT2D eigenvalue weighted by Crippen LogP contribution is 2.18. The maximum atomic E-state index is 12.3. The van der Waals surface area contributed by atoms with Crippen molar-refractivity contribution in [3.63, 3.8) is 0 Å². The maximum absolute atomic E-state index is 12.3. The molecule has 0 aliphatic heterocycles. The second-order valence-corrected chi connectivity index (χ2v) is 6.28. The monoisotopic (exact) mass is 310 g/mol. The van der Waals surface area contributed by atoms with Gasteiger partial charge in [0, 0.05) is 31.0 Å². The summed E-state index contributed by atoms with van der Waals surface area (Å²) in [6.07, 6.45) is 1.40. The first-order valence-electron chi connectivity index (χ1n) is 6.27. The number of hydrogen-bond donors (Lipinski definition) is 3. The first kappa shape index (κ1) is 15.4. The van der Waals surface area contributed by atoms with Crippen molar-refractivity contribution >= 4 is 15.7 Å². The SMILES string of the molecule is Cc1nn(C)c(C)c1CNS(=O)(=O)c1ncccc1NN. The largest absolute Gasteiger partial charge is 0.321 e. The molecule has 0 aliphatic rings. The molecule has 0 saturated carbocycles. The average molecular weight is 310 g/mol. The third kappa shape index (κ3) is 3.04. The van der Waals surface area contributed by atoms with Gasteiger partial charge in [0.2, 0.25) is 0 Å². The van der Waals surface area contributed by atoms with Crippen LogP contribution < -0.4 is 16.0 Å². The molecule has 2 heterocycles. The Bertz CT molecular complexity index is 753. The summed E-state index contributed by atoms with van der Waals surface area (Å²) in [6, 6.07) is 3.14. The molecular weight excluding hydrogens is 292 g/mol. The molecule has 0 spiro atoms. The second kappa shape index (κ2) is 5.80. The fourth-order valence-electron chi connectivity index (χ4n) is 2.02. The lowest BCUT2D eigenvalue weighted by Crippen LogP contribution is -2.26. The standard InChI is InChI=1S/C12H18N6O2S/c1-8-10(9(2)18(3)17-8)7-15-21(19,20)12-11(16-13)5-4-6-14-12/h4-6,15-16H,7,13H2,1-3H3. The van der Waals surface area contributed by atoms with E-state index in [1.54, 1.807) is 16.8 Å². The fourth-order valence-corrected chi connectivity index (χ4v) is 3.11. The summed E-state index contributed by atoms with van der Waals surface area (Å²) < 4.78 is 28.9. The lowest BCUT2D eigenvalue weighted by molar-refractivity contribution is 0.577. The van der Waals surface area contributed by atoms with Crippen LogP contribution in [0.2, 0.25) is 0 Å². The number of pyridine rings is 1. The number of nitrogens with zero attached hydrogens (tertiary/aromatic N) is 3. The normalized spacial score (nSPS) is 11.6. The fraction of sp³-hybridized carbons (Fsp3) is 0.333. The molecule has 4 N–H and O–H groups in total. The highest BCUT2D eigenvalue weighted by atomic mass is 32.2. The minimum absolute atomic E-state index is 0.133. The van der Waals surface area contributed by atoms with Gasteiger partial charge in [-0.3, -0.25) is 10.5 Å². The number of nitrogens with one attached hydrogen (secondary N) is 2. The molecular formula is C12H18N6O2S. The Hall–Kier alpha value is -1.97. The molecule has 0 saturated heterocycles. The van der Waals surface area contributed by atoms with E-state index in [0.29, 0.717) is 0 Å². The second-order valence-electron chi connectivity index (χ2n) is 4.60. The average Bonchev–Trinajstić information content (AvgIpc) is 2.70. The number of aryl methyl sites for hydroxylation is 2. The predicted molar refractivity (Wildman–Crippen MR) is 78.8 cm³/mol. The van der Waals surface area contributed by atoms with Crippen LogP contribution in [0.3, 0.4) is 0 Å². The molecule has 2 aromatic heterocycles. The smallest absolute Gasteiger partial charge is 0.260 e. The van der Waals surface area contributed by atoms with E-state index in [1.165, 1.54) is 6.20 Å². The Balaban J connectivity index is 2.26. The van der Waals surface area contributed by atoms with Gasteiger partial charge in [-0.2, -0.15) is 5.10 Å². The molecule has 0 bridgehead atoms. The van der Waals surface area contributed by atoms with Gasteiger partial charge in [-0.25, -0.2) is 18.1 Å². The van der Waals surface area contributed by atoms with Crippen LogP contribution in [-0.4, -0.2) is 23.2 Å². The van der Waals surface area contributed by atoms with Crippen LogP contribution in [0, 0.1) is 13.8 Å². The van der Waals surface area contributed by atoms with Crippen molar-refractivity contribution in [2.45, 2.75) is 25.4 Å². The topological polar surface area (TPSA) is 115 Å². The molecule has 2 aromatic rings. The number of rotatable bonds is 5. The summed E-state index contributed by atoms with van der Waals surface area (Å²) in [5, 5.41) is 4.12. The van der Waals surface area contributed by atoms with Gasteiger partial charge in [0.25, 0.3) is 10.0 Å². The Labute approximate surface area is 123 Å². The number of sulfonamides is 1. The first-order valence-corrected chi connectivity index (χ1v) is 7.75. The minimum atomic E-state index is -3.77. The Morgan fingerprint density at radius 2 is 2.10 bits per heavy atom. The zero-order valence-corrected chi connectivity index (χ0v) is 12.9. The van der Waals surface area contributed by atoms with Crippen LogP contribution in [0.1, 0.15) is 17.0 Å². The van der Waals surface area contributed by atoms with Gasteiger partial charge in [-0.15, -0.1) is 0 Å². The van der Waals surface area contributed by atoms with Crippen LogP contribution in [0.15, 0.2) is 23.4 Å². The van der Waals surface area contributed by atoms with Gasteiger partial charge >= 0.3 is 0 Å². The Kier molecular flexibility index (Phi) is 4.26. The number of nitrogens with two attached hydrogens (primary N) is 1. The van der Waals surface area contributed by atoms with Crippen molar-refractivity contribution in [1.29, 1.82) is 0 Å². The van der Waals surface area contributed by atoms with E-state index in [4.69, 9.17) is 5.84 Å². The summed E-state index contributed by atoms with van der Waals surface area (Å²) >= 11 is 0. The molecule has 0 aliphatic carbocycles. The number of hydrogen-bond acceptors (Lipinski definition) is 6.